The summed E-state index contributed by atoms with van der Waals surface area (Å²) in [5, 5.41) is 2.92. The first-order valence-electron chi connectivity index (χ1n) is 4.73. The molecular weight excluding hydrogens is 265 g/mol. The van der Waals surface area contributed by atoms with Crippen LogP contribution in [0.15, 0.2) is 12.1 Å². The normalized spacial score (nSPS) is 10.0. The van der Waals surface area contributed by atoms with Gasteiger partial charge in [-0.25, -0.2) is 0 Å². The molecule has 1 aromatic rings. The minimum absolute atomic E-state index is 0.0720. The van der Waals surface area contributed by atoms with E-state index < -0.39 is 11.8 Å². The Hall–Kier alpha value is -1.46. The number of benzene rings is 1. The quantitative estimate of drug-likeness (QED) is 0.720. The standard InChI is InChI=1S/C10H11Cl2N3O2/c11-6-3-5(4-7(13)9(6)12)10(17)15-2-1-8(14)16/h3-4H,1-2,13H2,(H2,14,16)(H,15,17). The van der Waals surface area contributed by atoms with Crippen molar-refractivity contribution in [3.8, 4) is 0 Å². The summed E-state index contributed by atoms with van der Waals surface area (Å²) >= 11 is 11.5. The third kappa shape index (κ3) is 3.80. The molecule has 0 radical (unpaired) electrons. The summed E-state index contributed by atoms with van der Waals surface area (Å²) in [6.45, 7) is 0.161. The zero-order valence-corrected chi connectivity index (χ0v) is 10.3. The number of halogens is 2. The van der Waals surface area contributed by atoms with Crippen LogP contribution in [0.1, 0.15) is 16.8 Å². The monoisotopic (exact) mass is 275 g/mol. The van der Waals surface area contributed by atoms with Crippen LogP contribution in [0.25, 0.3) is 0 Å². The molecule has 0 aliphatic rings. The molecule has 0 heterocycles. The first kappa shape index (κ1) is 13.6. The third-order valence-corrected chi connectivity index (χ3v) is 2.79. The van der Waals surface area contributed by atoms with Crippen LogP contribution in [-0.4, -0.2) is 18.4 Å². The van der Waals surface area contributed by atoms with Crippen molar-refractivity contribution in [2.45, 2.75) is 6.42 Å². The number of amides is 2. The molecule has 5 nitrogen and oxygen atoms in total. The lowest BCUT2D eigenvalue weighted by Crippen LogP contribution is -2.27. The van der Waals surface area contributed by atoms with Crippen LogP contribution in [0.2, 0.25) is 10.0 Å². The molecule has 0 unspecified atom stereocenters. The Bertz CT molecular complexity index is 440. The number of carbonyl (C=O) groups is 2. The molecule has 7 heteroatoms. The fourth-order valence-corrected chi connectivity index (χ4v) is 1.48. The number of hydrogen-bond donors (Lipinski definition) is 3. The Kier molecular flexibility index (Phi) is 4.60. The van der Waals surface area contributed by atoms with Gasteiger partial charge in [0.05, 0.1) is 15.7 Å². The predicted molar refractivity (Wildman–Crippen MR) is 67.0 cm³/mol. The van der Waals surface area contributed by atoms with Crippen LogP contribution in [0.4, 0.5) is 5.69 Å². The van der Waals surface area contributed by atoms with Gasteiger partial charge >= 0.3 is 0 Å². The van der Waals surface area contributed by atoms with Gasteiger partial charge in [0.2, 0.25) is 5.91 Å². The minimum Gasteiger partial charge on any atom is -0.397 e. The van der Waals surface area contributed by atoms with E-state index in [9.17, 15) is 9.59 Å². The topological polar surface area (TPSA) is 98.2 Å². The average Bonchev–Trinajstić information content (AvgIpc) is 2.24. The number of carbonyl (C=O) groups excluding carboxylic acids is 2. The molecule has 0 saturated carbocycles. The zero-order valence-electron chi connectivity index (χ0n) is 8.80. The smallest absolute Gasteiger partial charge is 0.251 e. The maximum atomic E-state index is 11.6. The summed E-state index contributed by atoms with van der Waals surface area (Å²) in [4.78, 5) is 22.1. The maximum absolute atomic E-state index is 11.6. The SMILES string of the molecule is NC(=O)CCNC(=O)c1cc(N)c(Cl)c(Cl)c1. The van der Waals surface area contributed by atoms with Crippen LogP contribution in [0, 0.1) is 0 Å². The van der Waals surface area contributed by atoms with E-state index in [2.05, 4.69) is 5.32 Å². The molecule has 1 rings (SSSR count). The van der Waals surface area contributed by atoms with Crippen molar-refractivity contribution in [3.05, 3.63) is 27.7 Å². The van der Waals surface area contributed by atoms with E-state index >= 15 is 0 Å². The van der Waals surface area contributed by atoms with E-state index in [-0.39, 0.29) is 34.3 Å². The van der Waals surface area contributed by atoms with E-state index in [0.29, 0.717) is 0 Å². The number of nitrogens with one attached hydrogen (secondary N) is 1. The second-order valence-corrected chi connectivity index (χ2v) is 4.12. The summed E-state index contributed by atoms with van der Waals surface area (Å²) in [6, 6.07) is 2.81. The van der Waals surface area contributed by atoms with Gasteiger partial charge in [-0.3, -0.25) is 9.59 Å². The summed E-state index contributed by atoms with van der Waals surface area (Å²) in [6.07, 6.45) is 0.0720. The Labute approximate surface area is 108 Å². The van der Waals surface area contributed by atoms with Gasteiger partial charge in [-0.2, -0.15) is 0 Å². The Morgan fingerprint density at radius 3 is 2.47 bits per heavy atom. The van der Waals surface area contributed by atoms with E-state index in [0.717, 1.165) is 0 Å². The summed E-state index contributed by atoms with van der Waals surface area (Å²) in [7, 11) is 0. The van der Waals surface area contributed by atoms with Crippen molar-refractivity contribution in [3.63, 3.8) is 0 Å². The number of hydrogen-bond acceptors (Lipinski definition) is 3. The van der Waals surface area contributed by atoms with Crippen LogP contribution < -0.4 is 16.8 Å². The van der Waals surface area contributed by atoms with E-state index in [1.165, 1.54) is 12.1 Å². The highest BCUT2D eigenvalue weighted by Crippen LogP contribution is 2.29. The third-order valence-electron chi connectivity index (χ3n) is 1.98. The molecule has 0 atom stereocenters. The minimum atomic E-state index is -0.487. The Morgan fingerprint density at radius 2 is 1.94 bits per heavy atom. The molecular formula is C10H11Cl2N3O2. The second-order valence-electron chi connectivity index (χ2n) is 3.33. The summed E-state index contributed by atoms with van der Waals surface area (Å²) in [5.74, 6) is -0.879. The van der Waals surface area contributed by atoms with Gasteiger partial charge in [-0.05, 0) is 12.1 Å². The lowest BCUT2D eigenvalue weighted by atomic mass is 10.2. The molecule has 17 heavy (non-hydrogen) atoms. The fourth-order valence-electron chi connectivity index (χ4n) is 1.14. The number of rotatable bonds is 4. The lowest BCUT2D eigenvalue weighted by Gasteiger charge is -2.07. The molecule has 2 amide bonds. The van der Waals surface area contributed by atoms with Gasteiger partial charge in [-0.15, -0.1) is 0 Å². The lowest BCUT2D eigenvalue weighted by molar-refractivity contribution is -0.117. The molecule has 0 aliphatic heterocycles. The van der Waals surface area contributed by atoms with Gasteiger partial charge in [0, 0.05) is 18.5 Å². The molecule has 0 spiro atoms. The largest absolute Gasteiger partial charge is 0.397 e. The van der Waals surface area contributed by atoms with E-state index in [4.69, 9.17) is 34.7 Å². The molecule has 0 saturated heterocycles. The molecule has 0 bridgehead atoms. The number of anilines is 1. The van der Waals surface area contributed by atoms with Crippen LogP contribution >= 0.6 is 23.2 Å². The average molecular weight is 276 g/mol. The molecule has 0 aromatic heterocycles. The molecule has 0 fully saturated rings. The van der Waals surface area contributed by atoms with Crippen molar-refractivity contribution in [1.82, 2.24) is 5.32 Å². The van der Waals surface area contributed by atoms with Crippen LogP contribution in [0.5, 0.6) is 0 Å². The molecule has 1 aromatic carbocycles. The molecule has 5 N–H and O–H groups in total. The number of nitrogen functional groups attached to an aromatic ring is 1. The van der Waals surface area contributed by atoms with Crippen molar-refractivity contribution >= 4 is 40.7 Å². The highest BCUT2D eigenvalue weighted by Gasteiger charge is 2.11. The van der Waals surface area contributed by atoms with Gasteiger partial charge in [0.1, 0.15) is 0 Å². The van der Waals surface area contributed by atoms with Crippen LogP contribution in [0.3, 0.4) is 0 Å². The molecule has 92 valence electrons. The first-order chi connectivity index (χ1) is 7.91. The predicted octanol–water partition coefficient (Wildman–Crippen LogP) is 1.18. The summed E-state index contributed by atoms with van der Waals surface area (Å²) in [5.41, 5.74) is 11.0. The van der Waals surface area contributed by atoms with Gasteiger partial charge in [-0.1, -0.05) is 23.2 Å². The zero-order chi connectivity index (χ0) is 13.0. The fraction of sp³-hybridized carbons (Fsp3) is 0.200. The maximum Gasteiger partial charge on any atom is 0.251 e. The van der Waals surface area contributed by atoms with Gasteiger partial charge in [0.25, 0.3) is 5.91 Å². The number of nitrogens with two attached hydrogens (primary N) is 2. The van der Waals surface area contributed by atoms with Gasteiger partial charge in [0.15, 0.2) is 0 Å². The van der Waals surface area contributed by atoms with Crippen molar-refractivity contribution in [1.29, 1.82) is 0 Å². The van der Waals surface area contributed by atoms with Crippen LogP contribution in [-0.2, 0) is 4.79 Å². The van der Waals surface area contributed by atoms with E-state index in [1.807, 2.05) is 0 Å². The highest BCUT2D eigenvalue weighted by molar-refractivity contribution is 6.43. The van der Waals surface area contributed by atoms with Crippen molar-refractivity contribution < 1.29 is 9.59 Å². The van der Waals surface area contributed by atoms with Crippen molar-refractivity contribution in [2.24, 2.45) is 5.73 Å². The second kappa shape index (κ2) is 5.75. The summed E-state index contributed by atoms with van der Waals surface area (Å²) < 4.78 is 0. The first-order valence-corrected chi connectivity index (χ1v) is 5.48. The molecule has 0 aliphatic carbocycles. The number of primary amides is 1. The highest BCUT2D eigenvalue weighted by atomic mass is 35.5. The Morgan fingerprint density at radius 1 is 1.29 bits per heavy atom. The van der Waals surface area contributed by atoms with Crippen molar-refractivity contribution in [2.75, 3.05) is 12.3 Å². The Balaban J connectivity index is 2.73. The van der Waals surface area contributed by atoms with E-state index in [1.54, 1.807) is 0 Å². The van der Waals surface area contributed by atoms with Gasteiger partial charge < -0.3 is 16.8 Å².